The smallest absolute Gasteiger partial charge is 0.341 e. The van der Waals surface area contributed by atoms with E-state index in [1.165, 1.54) is 18.2 Å². The summed E-state index contributed by atoms with van der Waals surface area (Å²) in [5, 5.41) is 2.74. The molecule has 1 heterocycles. The molecular weight excluding hydrogens is 392 g/mol. The van der Waals surface area contributed by atoms with Crippen LogP contribution in [0.4, 0.5) is 8.78 Å². The Morgan fingerprint density at radius 1 is 1.07 bits per heavy atom. The molecule has 2 aromatic rings. The molecule has 10 heteroatoms. The second kappa shape index (κ2) is 8.59. The van der Waals surface area contributed by atoms with Gasteiger partial charge in [-0.3, -0.25) is 4.79 Å². The Morgan fingerprint density at radius 3 is 2.36 bits per heavy atom. The Hall–Kier alpha value is -2.62. The number of nitrogens with one attached hydrogen (secondary N) is 1. The van der Waals surface area contributed by atoms with Gasteiger partial charge < -0.3 is 10.1 Å². The SMILES string of the molecule is O=C(NC1CCC(Oc2ncccn2)CC1)c1ccccc1S(=O)(=O)C(F)F. The van der Waals surface area contributed by atoms with Crippen LogP contribution in [-0.4, -0.2) is 42.2 Å². The van der Waals surface area contributed by atoms with E-state index in [0.29, 0.717) is 31.7 Å². The molecule has 1 aromatic carbocycles. The average Bonchev–Trinajstić information content (AvgIpc) is 2.70. The lowest BCUT2D eigenvalue weighted by atomic mass is 9.92. The van der Waals surface area contributed by atoms with Crippen molar-refractivity contribution in [1.82, 2.24) is 15.3 Å². The summed E-state index contributed by atoms with van der Waals surface area (Å²) in [7, 11) is -4.86. The highest BCUT2D eigenvalue weighted by Crippen LogP contribution is 2.25. The van der Waals surface area contributed by atoms with Gasteiger partial charge in [-0.25, -0.2) is 18.4 Å². The fraction of sp³-hybridized carbons (Fsp3) is 0.389. The standard InChI is InChI=1S/C18H19F2N3O4S/c19-17(20)28(25,26)15-5-2-1-4-14(15)16(24)23-12-6-8-13(9-7-12)27-18-21-10-3-11-22-18/h1-5,10-13,17H,6-9H2,(H,23,24). The summed E-state index contributed by atoms with van der Waals surface area (Å²) in [6.45, 7) is 0. The van der Waals surface area contributed by atoms with Crippen LogP contribution in [0.1, 0.15) is 36.0 Å². The van der Waals surface area contributed by atoms with E-state index < -0.39 is 26.4 Å². The summed E-state index contributed by atoms with van der Waals surface area (Å²) < 4.78 is 55.1. The first kappa shape index (κ1) is 20.1. The summed E-state index contributed by atoms with van der Waals surface area (Å²) in [5.74, 6) is -4.27. The molecule has 0 unspecified atom stereocenters. The first-order valence-corrected chi connectivity index (χ1v) is 10.3. The molecule has 0 aliphatic heterocycles. The van der Waals surface area contributed by atoms with Crippen LogP contribution in [0.15, 0.2) is 47.6 Å². The molecule has 0 saturated heterocycles. The maximum Gasteiger partial charge on any atom is 0.341 e. The molecule has 1 N–H and O–H groups in total. The lowest BCUT2D eigenvalue weighted by Gasteiger charge is -2.29. The van der Waals surface area contributed by atoms with Crippen molar-refractivity contribution in [2.75, 3.05) is 0 Å². The summed E-state index contributed by atoms with van der Waals surface area (Å²) in [5.41, 5.74) is -0.279. The minimum absolute atomic E-state index is 0.0814. The average molecular weight is 411 g/mol. The van der Waals surface area contributed by atoms with Gasteiger partial charge in [0.25, 0.3) is 5.91 Å². The molecule has 0 radical (unpaired) electrons. The van der Waals surface area contributed by atoms with Gasteiger partial charge in [-0.15, -0.1) is 0 Å². The molecule has 1 fully saturated rings. The number of aromatic nitrogens is 2. The third-order valence-electron chi connectivity index (χ3n) is 4.50. The van der Waals surface area contributed by atoms with Crippen molar-refractivity contribution in [3.63, 3.8) is 0 Å². The van der Waals surface area contributed by atoms with Crippen molar-refractivity contribution in [2.24, 2.45) is 0 Å². The topological polar surface area (TPSA) is 98.2 Å². The van der Waals surface area contributed by atoms with Crippen molar-refractivity contribution >= 4 is 15.7 Å². The number of ether oxygens (including phenoxy) is 1. The van der Waals surface area contributed by atoms with E-state index in [1.54, 1.807) is 18.5 Å². The Kier molecular flexibility index (Phi) is 6.18. The Bertz CT molecular complexity index is 917. The first-order valence-electron chi connectivity index (χ1n) is 8.73. The van der Waals surface area contributed by atoms with E-state index in [9.17, 15) is 22.0 Å². The highest BCUT2D eigenvalue weighted by atomic mass is 32.2. The molecule has 0 spiro atoms. The van der Waals surface area contributed by atoms with Crippen LogP contribution in [0.5, 0.6) is 6.01 Å². The van der Waals surface area contributed by atoms with Crippen LogP contribution in [0.25, 0.3) is 0 Å². The van der Waals surface area contributed by atoms with E-state index >= 15 is 0 Å². The lowest BCUT2D eigenvalue weighted by molar-refractivity contribution is 0.0882. The number of sulfone groups is 1. The zero-order valence-corrected chi connectivity index (χ0v) is 15.6. The molecule has 1 saturated carbocycles. The summed E-state index contributed by atoms with van der Waals surface area (Å²) in [4.78, 5) is 19.8. The summed E-state index contributed by atoms with van der Waals surface area (Å²) in [6.07, 6.45) is 5.60. The molecule has 0 atom stereocenters. The number of carbonyl (C=O) groups excluding carboxylic acids is 1. The van der Waals surface area contributed by atoms with Crippen LogP contribution in [0.3, 0.4) is 0 Å². The fourth-order valence-corrected chi connectivity index (χ4v) is 4.01. The third kappa shape index (κ3) is 4.61. The van der Waals surface area contributed by atoms with Gasteiger partial charge in [0.15, 0.2) is 0 Å². The number of hydrogen-bond acceptors (Lipinski definition) is 6. The van der Waals surface area contributed by atoms with Crippen LogP contribution < -0.4 is 10.1 Å². The molecule has 7 nitrogen and oxygen atoms in total. The minimum Gasteiger partial charge on any atom is -0.460 e. The Morgan fingerprint density at radius 2 is 1.71 bits per heavy atom. The van der Waals surface area contributed by atoms with Gasteiger partial charge in [-0.1, -0.05) is 12.1 Å². The quantitative estimate of drug-likeness (QED) is 0.785. The predicted octanol–water partition coefficient (Wildman–Crippen LogP) is 2.59. The van der Waals surface area contributed by atoms with E-state index in [1.807, 2.05) is 0 Å². The van der Waals surface area contributed by atoms with Crippen molar-refractivity contribution in [1.29, 1.82) is 0 Å². The Labute approximate surface area is 161 Å². The van der Waals surface area contributed by atoms with Gasteiger partial charge >= 0.3 is 11.8 Å². The predicted molar refractivity (Wildman–Crippen MR) is 95.8 cm³/mol. The number of rotatable bonds is 6. The molecule has 0 bridgehead atoms. The number of hydrogen-bond donors (Lipinski definition) is 1. The molecule has 1 aliphatic carbocycles. The summed E-state index contributed by atoms with van der Waals surface area (Å²) in [6, 6.07) is 6.76. The number of nitrogens with zero attached hydrogens (tertiary/aromatic N) is 2. The minimum atomic E-state index is -4.86. The number of carbonyl (C=O) groups is 1. The zero-order valence-electron chi connectivity index (χ0n) is 14.8. The summed E-state index contributed by atoms with van der Waals surface area (Å²) >= 11 is 0. The number of alkyl halides is 2. The van der Waals surface area contributed by atoms with E-state index in [-0.39, 0.29) is 17.7 Å². The maximum atomic E-state index is 12.9. The normalized spacial score (nSPS) is 20.0. The van der Waals surface area contributed by atoms with Crippen molar-refractivity contribution < 1.29 is 26.7 Å². The van der Waals surface area contributed by atoms with E-state index in [0.717, 1.165) is 6.07 Å². The first-order chi connectivity index (χ1) is 13.4. The van der Waals surface area contributed by atoms with Gasteiger partial charge in [-0.2, -0.15) is 8.78 Å². The zero-order chi connectivity index (χ0) is 20.1. The highest BCUT2D eigenvalue weighted by molar-refractivity contribution is 7.91. The number of benzene rings is 1. The van der Waals surface area contributed by atoms with E-state index in [4.69, 9.17) is 4.74 Å². The van der Waals surface area contributed by atoms with Crippen LogP contribution in [-0.2, 0) is 9.84 Å². The monoisotopic (exact) mass is 411 g/mol. The number of halogens is 2. The molecule has 1 aromatic heterocycles. The van der Waals surface area contributed by atoms with Crippen LogP contribution in [0.2, 0.25) is 0 Å². The van der Waals surface area contributed by atoms with Gasteiger partial charge in [0.2, 0.25) is 9.84 Å². The Balaban J connectivity index is 1.61. The molecule has 28 heavy (non-hydrogen) atoms. The largest absolute Gasteiger partial charge is 0.460 e. The van der Waals surface area contributed by atoms with Crippen LogP contribution in [0, 0.1) is 0 Å². The maximum absolute atomic E-state index is 12.9. The molecule has 3 rings (SSSR count). The molecule has 150 valence electrons. The van der Waals surface area contributed by atoms with Crippen molar-refractivity contribution in [3.05, 3.63) is 48.3 Å². The van der Waals surface area contributed by atoms with Crippen molar-refractivity contribution in [3.8, 4) is 6.01 Å². The van der Waals surface area contributed by atoms with E-state index in [2.05, 4.69) is 15.3 Å². The molecular formula is C18H19F2N3O4S. The van der Waals surface area contributed by atoms with Gasteiger partial charge in [0.05, 0.1) is 10.5 Å². The molecule has 1 aliphatic rings. The van der Waals surface area contributed by atoms with Gasteiger partial charge in [-0.05, 0) is 43.9 Å². The second-order valence-electron chi connectivity index (χ2n) is 6.40. The third-order valence-corrected chi connectivity index (χ3v) is 5.93. The second-order valence-corrected chi connectivity index (χ2v) is 8.28. The fourth-order valence-electron chi connectivity index (χ4n) is 3.08. The van der Waals surface area contributed by atoms with Gasteiger partial charge in [0, 0.05) is 18.4 Å². The highest BCUT2D eigenvalue weighted by Gasteiger charge is 2.32. The van der Waals surface area contributed by atoms with Crippen LogP contribution >= 0.6 is 0 Å². The molecule has 1 amide bonds. The lowest BCUT2D eigenvalue weighted by Crippen LogP contribution is -2.40. The van der Waals surface area contributed by atoms with Gasteiger partial charge in [0.1, 0.15) is 6.10 Å². The van der Waals surface area contributed by atoms with Crippen molar-refractivity contribution in [2.45, 2.75) is 48.5 Å². The number of amides is 1.